The highest BCUT2D eigenvalue weighted by molar-refractivity contribution is 6.42. The number of pyridine rings is 1. The predicted octanol–water partition coefficient (Wildman–Crippen LogP) is 8.07. The quantitative estimate of drug-likeness (QED) is 0.362. The summed E-state index contributed by atoms with van der Waals surface area (Å²) in [4.78, 5) is 16.7. The maximum atomic E-state index is 12.4. The Bertz CT molecular complexity index is 1180. The van der Waals surface area contributed by atoms with Crippen LogP contribution >= 0.6 is 23.2 Å². The number of carbonyl (C=O) groups excluding carboxylic acids is 1. The van der Waals surface area contributed by atoms with Gasteiger partial charge in [-0.2, -0.15) is 0 Å². The molecule has 2 aromatic carbocycles. The van der Waals surface area contributed by atoms with Gasteiger partial charge in [0.2, 0.25) is 5.88 Å². The Morgan fingerprint density at radius 2 is 1.82 bits per heavy atom. The average molecular weight is 481 g/mol. The summed E-state index contributed by atoms with van der Waals surface area (Å²) in [5.74, 6) is 0.862. The number of ether oxygens (including phenoxy) is 1. The van der Waals surface area contributed by atoms with E-state index in [-0.39, 0.29) is 16.7 Å². The van der Waals surface area contributed by atoms with E-state index in [2.05, 4.69) is 48.9 Å². The predicted molar refractivity (Wildman–Crippen MR) is 135 cm³/mol. The summed E-state index contributed by atoms with van der Waals surface area (Å²) in [5, 5.41) is 3.51. The van der Waals surface area contributed by atoms with E-state index in [9.17, 15) is 4.79 Å². The monoisotopic (exact) mass is 480 g/mol. The van der Waals surface area contributed by atoms with Crippen LogP contribution in [0.1, 0.15) is 49.0 Å². The first-order valence-corrected chi connectivity index (χ1v) is 11.6. The van der Waals surface area contributed by atoms with E-state index in [0.717, 1.165) is 19.3 Å². The molecule has 3 aromatic rings. The second-order valence-corrected chi connectivity index (χ2v) is 10.0. The van der Waals surface area contributed by atoms with Crippen LogP contribution in [0.5, 0.6) is 11.6 Å². The highest BCUT2D eigenvalue weighted by atomic mass is 35.5. The lowest BCUT2D eigenvalue weighted by Gasteiger charge is -2.27. The molecule has 0 bridgehead atoms. The molecule has 1 fully saturated rings. The van der Waals surface area contributed by atoms with Gasteiger partial charge in [-0.05, 0) is 72.1 Å². The Hall–Kier alpha value is -2.82. The lowest BCUT2D eigenvalue weighted by molar-refractivity contribution is 0.102. The number of amides is 1. The lowest BCUT2D eigenvalue weighted by Crippen LogP contribution is -2.20. The molecule has 1 heterocycles. The van der Waals surface area contributed by atoms with Gasteiger partial charge in [0.1, 0.15) is 5.75 Å². The third-order valence-electron chi connectivity index (χ3n) is 6.48. The van der Waals surface area contributed by atoms with Crippen LogP contribution in [0.25, 0.3) is 0 Å². The van der Waals surface area contributed by atoms with Crippen molar-refractivity contribution in [3.8, 4) is 11.6 Å². The number of benzene rings is 2. The van der Waals surface area contributed by atoms with Gasteiger partial charge in [0.15, 0.2) is 0 Å². The van der Waals surface area contributed by atoms with Crippen molar-refractivity contribution in [2.75, 3.05) is 5.32 Å². The molecule has 1 aliphatic carbocycles. The van der Waals surface area contributed by atoms with Crippen molar-refractivity contribution in [1.29, 1.82) is 0 Å². The van der Waals surface area contributed by atoms with Crippen LogP contribution in [0.3, 0.4) is 0 Å². The molecule has 33 heavy (non-hydrogen) atoms. The minimum Gasteiger partial charge on any atom is -0.439 e. The summed E-state index contributed by atoms with van der Waals surface area (Å²) < 4.78 is 5.89. The minimum atomic E-state index is -0.299. The number of halogens is 2. The van der Waals surface area contributed by atoms with E-state index in [1.54, 1.807) is 30.5 Å². The smallest absolute Gasteiger partial charge is 0.255 e. The molecule has 1 saturated carbocycles. The molecule has 0 radical (unpaired) electrons. The minimum absolute atomic E-state index is 0.147. The molecule has 4 nitrogen and oxygen atoms in total. The molecule has 0 saturated heterocycles. The normalized spacial score (nSPS) is 22.1. The van der Waals surface area contributed by atoms with Gasteiger partial charge in [-0.1, -0.05) is 55.3 Å². The molecular weight excluding hydrogens is 455 g/mol. The Morgan fingerprint density at radius 1 is 1.06 bits per heavy atom. The maximum absolute atomic E-state index is 12.4. The Labute approximate surface area is 204 Å². The molecule has 1 aliphatic rings. The van der Waals surface area contributed by atoms with Crippen molar-refractivity contribution in [2.24, 2.45) is 5.41 Å². The zero-order chi connectivity index (χ0) is 23.6. The first kappa shape index (κ1) is 23.3. The van der Waals surface area contributed by atoms with E-state index in [1.165, 1.54) is 11.6 Å². The fourth-order valence-electron chi connectivity index (χ4n) is 4.45. The van der Waals surface area contributed by atoms with Gasteiger partial charge in [0.05, 0.1) is 21.9 Å². The van der Waals surface area contributed by atoms with Crippen LogP contribution in [-0.2, 0) is 5.41 Å². The average Bonchev–Trinajstić information content (AvgIpc) is 3.14. The van der Waals surface area contributed by atoms with E-state index < -0.39 is 0 Å². The number of hydrogen-bond acceptors (Lipinski definition) is 3. The van der Waals surface area contributed by atoms with Gasteiger partial charge in [-0.15, -0.1) is 6.58 Å². The van der Waals surface area contributed by atoms with E-state index >= 15 is 0 Å². The summed E-state index contributed by atoms with van der Waals surface area (Å²) in [6.45, 7) is 8.62. The number of rotatable bonds is 6. The van der Waals surface area contributed by atoms with Crippen LogP contribution in [-0.4, -0.2) is 10.9 Å². The molecule has 170 valence electrons. The first-order chi connectivity index (χ1) is 15.7. The van der Waals surface area contributed by atoms with Crippen LogP contribution < -0.4 is 10.1 Å². The number of aromatic nitrogens is 1. The van der Waals surface area contributed by atoms with Crippen molar-refractivity contribution < 1.29 is 9.53 Å². The van der Waals surface area contributed by atoms with Crippen LogP contribution in [0.2, 0.25) is 10.0 Å². The van der Waals surface area contributed by atoms with Gasteiger partial charge < -0.3 is 10.1 Å². The lowest BCUT2D eigenvalue weighted by atomic mass is 9.77. The maximum Gasteiger partial charge on any atom is 0.255 e. The van der Waals surface area contributed by atoms with E-state index in [0.29, 0.717) is 32.9 Å². The first-order valence-electron chi connectivity index (χ1n) is 10.8. The Balaban J connectivity index is 1.38. The fraction of sp³-hybridized carbons (Fsp3) is 0.259. The molecule has 1 N–H and O–H groups in total. The second-order valence-electron chi connectivity index (χ2n) is 9.19. The Morgan fingerprint density at radius 3 is 2.42 bits per heavy atom. The molecule has 4 rings (SSSR count). The van der Waals surface area contributed by atoms with Gasteiger partial charge in [-0.25, -0.2) is 4.98 Å². The van der Waals surface area contributed by atoms with Gasteiger partial charge in [0.25, 0.3) is 5.91 Å². The summed E-state index contributed by atoms with van der Waals surface area (Å²) >= 11 is 11.9. The molecule has 2 atom stereocenters. The van der Waals surface area contributed by atoms with Crippen molar-refractivity contribution in [3.05, 3.63) is 94.6 Å². The SMILES string of the molecule is C=CC1(C)CCC(C)(c2ccc(Oc3ccc(NC(=O)c4ccc(Cl)c(Cl)c4)cn3)cc2)C1. The highest BCUT2D eigenvalue weighted by Crippen LogP contribution is 2.51. The second kappa shape index (κ2) is 9.20. The van der Waals surface area contributed by atoms with Gasteiger partial charge in [0, 0.05) is 11.6 Å². The zero-order valence-electron chi connectivity index (χ0n) is 18.7. The topological polar surface area (TPSA) is 51.2 Å². The molecule has 2 unspecified atom stereocenters. The molecule has 6 heteroatoms. The summed E-state index contributed by atoms with van der Waals surface area (Å²) in [6.07, 6.45) is 7.05. The molecule has 1 amide bonds. The summed E-state index contributed by atoms with van der Waals surface area (Å²) in [6, 6.07) is 16.4. The number of allylic oxidation sites excluding steroid dienone is 1. The van der Waals surface area contributed by atoms with Crippen LogP contribution in [0.15, 0.2) is 73.4 Å². The standard InChI is InChI=1S/C27H26Cl2N2O2/c1-4-26(2)13-14-27(3,17-26)19-6-9-21(10-7-19)33-24-12-8-20(16-30-24)31-25(32)18-5-11-22(28)23(29)15-18/h4-12,15-16H,1,13-14,17H2,2-3H3,(H,31,32). The van der Waals surface area contributed by atoms with Gasteiger partial charge >= 0.3 is 0 Å². The van der Waals surface area contributed by atoms with Crippen LogP contribution in [0.4, 0.5) is 5.69 Å². The number of carbonyl (C=O) groups is 1. The number of hydrogen-bond donors (Lipinski definition) is 1. The third-order valence-corrected chi connectivity index (χ3v) is 7.22. The van der Waals surface area contributed by atoms with Crippen molar-refractivity contribution in [3.63, 3.8) is 0 Å². The highest BCUT2D eigenvalue weighted by Gasteiger charge is 2.41. The molecule has 1 aromatic heterocycles. The van der Waals surface area contributed by atoms with Crippen LogP contribution in [0, 0.1) is 5.41 Å². The summed E-state index contributed by atoms with van der Waals surface area (Å²) in [5.41, 5.74) is 2.62. The molecule has 0 spiro atoms. The van der Waals surface area contributed by atoms with Crippen molar-refractivity contribution in [2.45, 2.75) is 38.5 Å². The zero-order valence-corrected chi connectivity index (χ0v) is 20.2. The fourth-order valence-corrected chi connectivity index (χ4v) is 4.75. The van der Waals surface area contributed by atoms with Gasteiger partial charge in [-0.3, -0.25) is 4.79 Å². The number of nitrogens with zero attached hydrogens (tertiary/aromatic N) is 1. The van der Waals surface area contributed by atoms with E-state index in [1.807, 2.05) is 12.1 Å². The number of anilines is 1. The van der Waals surface area contributed by atoms with Crippen molar-refractivity contribution >= 4 is 34.8 Å². The van der Waals surface area contributed by atoms with Crippen molar-refractivity contribution in [1.82, 2.24) is 4.98 Å². The molecular formula is C27H26Cl2N2O2. The molecule has 0 aliphatic heterocycles. The third kappa shape index (κ3) is 5.23. The number of nitrogens with one attached hydrogen (secondary N) is 1. The largest absolute Gasteiger partial charge is 0.439 e. The summed E-state index contributed by atoms with van der Waals surface area (Å²) in [7, 11) is 0. The Kier molecular flexibility index (Phi) is 6.51. The van der Waals surface area contributed by atoms with E-state index in [4.69, 9.17) is 27.9 Å².